The van der Waals surface area contributed by atoms with Crippen LogP contribution >= 0.6 is 22.6 Å². The number of benzene rings is 9. The number of ether oxygens (including phenoxy) is 3. The van der Waals surface area contributed by atoms with Crippen LogP contribution in [0.2, 0.25) is 0 Å². The number of amides is 3. The van der Waals surface area contributed by atoms with Gasteiger partial charge in [-0.25, -0.2) is 29.9 Å². The van der Waals surface area contributed by atoms with Gasteiger partial charge < -0.3 is 99.0 Å². The summed E-state index contributed by atoms with van der Waals surface area (Å²) >= 11 is 2.00. The van der Waals surface area contributed by atoms with Crippen molar-refractivity contribution in [1.29, 1.82) is 0 Å². The molecule has 0 bridgehead atoms. The molecule has 33 heteroatoms. The third kappa shape index (κ3) is 34.5. The van der Waals surface area contributed by atoms with Crippen LogP contribution in [0.3, 0.4) is 0 Å². The van der Waals surface area contributed by atoms with E-state index in [1.54, 1.807) is 55.8 Å². The molecule has 9 aromatic carbocycles. The lowest BCUT2D eigenvalue weighted by Crippen LogP contribution is -3.00. The van der Waals surface area contributed by atoms with Gasteiger partial charge in [-0.2, -0.15) is 0 Å². The zero-order chi connectivity index (χ0) is 101. The van der Waals surface area contributed by atoms with Crippen molar-refractivity contribution < 1.29 is 99.9 Å². The van der Waals surface area contributed by atoms with Crippen molar-refractivity contribution in [1.82, 2.24) is 64.5 Å². The monoisotopic (exact) mass is 2310 g/mol. The average Bonchev–Trinajstić information content (AvgIpc) is 0.794. The summed E-state index contributed by atoms with van der Waals surface area (Å²) in [6, 6.07) is 86.5. The third-order valence-electron chi connectivity index (χ3n) is 25.2. The number of likely N-dealkylation sites (N-methyl/N-ethyl adjacent to an activating group) is 3. The second-order valence-electron chi connectivity index (χ2n) is 36.6. The first-order valence-corrected chi connectivity index (χ1v) is 49.7. The molecular formula is C114H120I3N21O9. The van der Waals surface area contributed by atoms with E-state index < -0.39 is 0 Å². The fourth-order valence-electron chi connectivity index (χ4n) is 16.3. The summed E-state index contributed by atoms with van der Waals surface area (Å²) in [5.74, 6) is 0.331. The van der Waals surface area contributed by atoms with Crippen LogP contribution in [0, 0.1) is 20.8 Å². The SMILES string of the molecule is Cc1ccc(NC(=O)c2ccc(CN3CCN(C)CC3)cc2)cc1Nc1nccc(-c2cccnc2)n1.Cc1ccc(NC(=O)c2ccc(CN3CC[N+](C)(COC(=O)Cc4ccccc4)CC3)cc2)cc1Nc1nccc(-c2cccnc2)n1.Cc1ccc(NC(=O)c2ccc(CN3CC[N+](C)(COC(=O)Cc4ccccc4)CC3)cc2)cc1Nc1nccc(-c2cccnc2)n1.O=C(Cc1ccccc1)OCI.[I-].[I-]. The largest absolute Gasteiger partial charge is 1.00 e. The second-order valence-corrected chi connectivity index (χ2v) is 37.2. The molecule has 0 spiro atoms. The molecule has 0 radical (unpaired) electrons. The molecular weight excluding hydrogens is 2190 g/mol. The van der Waals surface area contributed by atoms with E-state index in [0.29, 0.717) is 97.9 Å². The zero-order valence-electron chi connectivity index (χ0n) is 83.0. The van der Waals surface area contributed by atoms with Crippen molar-refractivity contribution in [3.05, 3.63) is 396 Å². The summed E-state index contributed by atoms with van der Waals surface area (Å²) in [5.41, 5.74) is 20.7. The minimum absolute atomic E-state index is 0. The summed E-state index contributed by atoms with van der Waals surface area (Å²) in [6.45, 7) is 20.8. The lowest BCUT2D eigenvalue weighted by atomic mass is 10.1. The Morgan fingerprint density at radius 3 is 0.912 bits per heavy atom. The fraction of sp³-hybridized carbons (Fsp3) is 0.237. The van der Waals surface area contributed by atoms with Crippen molar-refractivity contribution in [3.63, 3.8) is 0 Å². The topological polar surface area (TPSA) is 331 Å². The molecule has 147 heavy (non-hydrogen) atoms. The number of hydrogen-bond donors (Lipinski definition) is 6. The van der Waals surface area contributed by atoms with E-state index in [1.165, 1.54) is 5.56 Å². The van der Waals surface area contributed by atoms with E-state index >= 15 is 0 Å². The van der Waals surface area contributed by atoms with Gasteiger partial charge in [-0.15, -0.1) is 0 Å². The Balaban J connectivity index is 0.000000174. The molecule has 0 unspecified atom stereocenters. The highest BCUT2D eigenvalue weighted by atomic mass is 127. The molecule has 3 fully saturated rings. The third-order valence-corrected chi connectivity index (χ3v) is 25.5. The first kappa shape index (κ1) is 110. The molecule has 18 rings (SSSR count). The van der Waals surface area contributed by atoms with E-state index in [-0.39, 0.29) is 83.6 Å². The Morgan fingerprint density at radius 2 is 0.626 bits per heavy atom. The Kier molecular flexibility index (Phi) is 41.5. The molecule has 3 aliphatic rings. The first-order chi connectivity index (χ1) is 70.5. The Labute approximate surface area is 905 Å². The molecule has 9 heterocycles. The van der Waals surface area contributed by atoms with Gasteiger partial charge in [0.05, 0.1) is 76.6 Å². The maximum absolute atomic E-state index is 13.1. The van der Waals surface area contributed by atoms with Crippen molar-refractivity contribution >= 4 is 110 Å². The Morgan fingerprint density at radius 1 is 0.333 bits per heavy atom. The second kappa shape index (κ2) is 55.4. The maximum Gasteiger partial charge on any atom is 0.314 e. The van der Waals surface area contributed by atoms with Gasteiger partial charge in [0, 0.05) is 195 Å². The first-order valence-electron chi connectivity index (χ1n) is 48.2. The number of esters is 3. The number of aromatic nitrogens is 9. The summed E-state index contributed by atoms with van der Waals surface area (Å²) in [5, 5.41) is 18.9. The quantitative estimate of drug-likeness (QED) is 0.00750. The lowest BCUT2D eigenvalue weighted by Gasteiger charge is -2.41. The highest BCUT2D eigenvalue weighted by molar-refractivity contribution is 14.1. The standard InChI is InChI=1S/2C38H39N7O3.C29H31N7O.C9H9IO2.2HI/c2*1-28-10-15-33(24-35(28)43-38-40-18-16-34(42-38)32-9-6-17-39-25-32)41-37(47)31-13-11-30(12-14-31)26-44-19-21-45(2,22-20-44)27-48-36(46)23-29-7-4-3-5-8-29;1-21-5-10-25(18-27(21)34-29-31-13-11-26(33-29)24-4-3-12-30-19-24)32-28(37)23-8-6-22(7-9-23)20-36-16-14-35(2)15-17-36;10-7-12-9(11)6-8-4-2-1-3-5-8;;/h2*3-18,24-25H,19-23,26-27H2,1-2H3,(H-,40,41,42,43,47);3-13,18-19H,14-17,20H2,1-2H3,(H,32,37)(H,31,33,34);1-5H,6-7H2;2*1H. The van der Waals surface area contributed by atoms with Crippen LogP contribution in [-0.4, -0.2) is 227 Å². The number of nitrogens with zero attached hydrogens (tertiary/aromatic N) is 15. The Hall–Kier alpha value is -14.2. The number of carbonyl (C=O) groups excluding carboxylic acids is 6. The van der Waals surface area contributed by atoms with Crippen LogP contribution in [0.4, 0.5) is 52.0 Å². The van der Waals surface area contributed by atoms with E-state index in [9.17, 15) is 28.8 Å². The van der Waals surface area contributed by atoms with E-state index in [2.05, 4.69) is 117 Å². The van der Waals surface area contributed by atoms with E-state index in [4.69, 9.17) is 14.2 Å². The molecule has 0 aliphatic carbocycles. The highest BCUT2D eigenvalue weighted by Crippen LogP contribution is 2.31. The molecule has 0 atom stereocenters. The lowest BCUT2D eigenvalue weighted by molar-refractivity contribution is -0.929. The van der Waals surface area contributed by atoms with E-state index in [1.807, 2.05) is 316 Å². The minimum atomic E-state index is -0.191. The summed E-state index contributed by atoms with van der Waals surface area (Å²) in [7, 11) is 6.44. The molecule has 3 saturated heterocycles. The number of rotatable bonds is 32. The Bertz CT molecular complexity index is 6520. The number of carbonyl (C=O) groups is 6. The van der Waals surface area contributed by atoms with Crippen LogP contribution < -0.4 is 79.9 Å². The van der Waals surface area contributed by atoms with Crippen LogP contribution in [0.1, 0.15) is 81.1 Å². The molecule has 6 aromatic heterocycles. The van der Waals surface area contributed by atoms with E-state index in [0.717, 1.165) is 194 Å². The number of piperazine rings is 3. The number of pyridine rings is 3. The van der Waals surface area contributed by atoms with Crippen LogP contribution in [0.15, 0.2) is 329 Å². The highest BCUT2D eigenvalue weighted by Gasteiger charge is 2.33. The normalized spacial score (nSPS) is 13.7. The molecule has 15 aromatic rings. The molecule has 30 nitrogen and oxygen atoms in total. The molecule has 3 aliphatic heterocycles. The van der Waals surface area contributed by atoms with Crippen molar-refractivity contribution in [2.75, 3.05) is 150 Å². The van der Waals surface area contributed by atoms with Gasteiger partial charge >= 0.3 is 17.9 Å². The van der Waals surface area contributed by atoms with Crippen LogP contribution in [-0.2, 0) is 67.5 Å². The van der Waals surface area contributed by atoms with Gasteiger partial charge in [-0.05, 0) is 228 Å². The number of aryl methyl sites for hydroxylation is 3. The van der Waals surface area contributed by atoms with Gasteiger partial charge in [0.2, 0.25) is 31.3 Å². The fourth-order valence-corrected chi connectivity index (χ4v) is 16.7. The predicted molar refractivity (Wildman–Crippen MR) is 575 cm³/mol. The number of anilines is 9. The van der Waals surface area contributed by atoms with Gasteiger partial charge in [0.1, 0.15) is 4.61 Å². The summed E-state index contributed by atoms with van der Waals surface area (Å²) in [6.07, 6.45) is 16.6. The summed E-state index contributed by atoms with van der Waals surface area (Å²) in [4.78, 5) is 124. The molecule has 756 valence electrons. The smallest absolute Gasteiger partial charge is 0.314 e. The van der Waals surface area contributed by atoms with Gasteiger partial charge in [-0.1, -0.05) is 146 Å². The minimum Gasteiger partial charge on any atom is -1.00 e. The van der Waals surface area contributed by atoms with Crippen LogP contribution in [0.25, 0.3) is 33.8 Å². The zero-order valence-corrected chi connectivity index (χ0v) is 89.5. The average molecular weight is 2310 g/mol. The number of alkyl halides is 1. The number of hydrogen-bond acceptors (Lipinski definition) is 25. The van der Waals surface area contributed by atoms with Crippen molar-refractivity contribution in [2.24, 2.45) is 0 Å². The number of halogens is 3. The van der Waals surface area contributed by atoms with Gasteiger partial charge in [0.15, 0.2) is 0 Å². The molecule has 6 N–H and O–H groups in total. The summed E-state index contributed by atoms with van der Waals surface area (Å²) < 4.78 is 17.9. The van der Waals surface area contributed by atoms with Gasteiger partial charge in [-0.3, -0.25) is 67.4 Å². The van der Waals surface area contributed by atoms with Crippen molar-refractivity contribution in [2.45, 2.75) is 59.7 Å². The van der Waals surface area contributed by atoms with Crippen molar-refractivity contribution in [3.8, 4) is 33.8 Å². The van der Waals surface area contributed by atoms with Gasteiger partial charge in [0.25, 0.3) is 17.7 Å². The molecule has 3 amide bonds. The predicted octanol–water partition coefficient (Wildman–Crippen LogP) is 12.5. The maximum atomic E-state index is 13.1. The number of nitrogens with one attached hydrogen (secondary N) is 6. The number of quaternary nitrogens is 2. The van der Waals surface area contributed by atoms with Crippen LogP contribution in [0.5, 0.6) is 0 Å². The molecule has 0 saturated carbocycles.